The number of ether oxygens (including phenoxy) is 1. The van der Waals surface area contributed by atoms with Crippen LogP contribution in [0.3, 0.4) is 0 Å². The lowest BCUT2D eigenvalue weighted by molar-refractivity contribution is 0.147. The lowest BCUT2D eigenvalue weighted by Crippen LogP contribution is -2.51. The van der Waals surface area contributed by atoms with Crippen LogP contribution in [0.25, 0.3) is 11.0 Å². The highest BCUT2D eigenvalue weighted by atomic mass is 16.5. The Bertz CT molecular complexity index is 1020. The van der Waals surface area contributed by atoms with Crippen LogP contribution in [-0.2, 0) is 7.05 Å². The summed E-state index contributed by atoms with van der Waals surface area (Å²) in [5, 5.41) is 8.79. The van der Waals surface area contributed by atoms with Gasteiger partial charge >= 0.3 is 0 Å². The summed E-state index contributed by atoms with van der Waals surface area (Å²) in [7, 11) is 3.60. The standard InChI is InChI=1S/C23H31N7O/c1-28-22-20(16-24-28)21(25-17-8-10-19(31-2)11-9-17)26-23(27-22)30-14-12-29(13-15-30)18-6-4-3-5-7-18/h8-11,16,18H,3-7,12-15H2,1-2H3,(H,25,26,27). The van der Waals surface area contributed by atoms with Gasteiger partial charge in [-0.25, -0.2) is 0 Å². The van der Waals surface area contributed by atoms with Gasteiger partial charge in [-0.2, -0.15) is 15.1 Å². The summed E-state index contributed by atoms with van der Waals surface area (Å²) in [5.74, 6) is 2.39. The maximum absolute atomic E-state index is 5.27. The Kier molecular flexibility index (Phi) is 5.63. The molecule has 8 nitrogen and oxygen atoms in total. The molecular weight excluding hydrogens is 390 g/mol. The van der Waals surface area contributed by atoms with E-state index in [0.717, 1.165) is 66.5 Å². The first-order chi connectivity index (χ1) is 15.2. The highest BCUT2D eigenvalue weighted by Gasteiger charge is 2.26. The number of hydrogen-bond donors (Lipinski definition) is 1. The molecule has 3 heterocycles. The third-order valence-electron chi connectivity index (χ3n) is 6.62. The van der Waals surface area contributed by atoms with Crippen molar-refractivity contribution in [2.75, 3.05) is 43.5 Å². The van der Waals surface area contributed by atoms with Gasteiger partial charge in [-0.15, -0.1) is 0 Å². The molecular formula is C23H31N7O. The van der Waals surface area contributed by atoms with Crippen molar-refractivity contribution in [2.24, 2.45) is 7.05 Å². The molecule has 8 heteroatoms. The molecule has 2 aliphatic rings. The van der Waals surface area contributed by atoms with E-state index >= 15 is 0 Å². The number of nitrogens with one attached hydrogen (secondary N) is 1. The minimum absolute atomic E-state index is 0.767. The predicted molar refractivity (Wildman–Crippen MR) is 123 cm³/mol. The van der Waals surface area contributed by atoms with Crippen molar-refractivity contribution >= 4 is 28.5 Å². The van der Waals surface area contributed by atoms with Crippen molar-refractivity contribution < 1.29 is 4.74 Å². The fourth-order valence-corrected chi connectivity index (χ4v) is 4.79. The van der Waals surface area contributed by atoms with Crippen molar-refractivity contribution in [3.05, 3.63) is 30.5 Å². The Morgan fingerprint density at radius 2 is 1.71 bits per heavy atom. The Hall–Kier alpha value is -2.87. The van der Waals surface area contributed by atoms with Gasteiger partial charge in [-0.05, 0) is 37.1 Å². The van der Waals surface area contributed by atoms with Gasteiger partial charge in [-0.3, -0.25) is 9.58 Å². The first kappa shape index (κ1) is 20.1. The molecule has 0 amide bonds. The van der Waals surface area contributed by atoms with E-state index in [1.54, 1.807) is 7.11 Å². The monoisotopic (exact) mass is 421 g/mol. The summed E-state index contributed by atoms with van der Waals surface area (Å²) in [5.41, 5.74) is 1.80. The van der Waals surface area contributed by atoms with Crippen LogP contribution in [0.5, 0.6) is 5.75 Å². The van der Waals surface area contributed by atoms with Crippen molar-refractivity contribution in [3.8, 4) is 5.75 Å². The number of aromatic nitrogens is 4. The van der Waals surface area contributed by atoms with Crippen LogP contribution in [0, 0.1) is 0 Å². The van der Waals surface area contributed by atoms with Crippen molar-refractivity contribution in [1.29, 1.82) is 0 Å². The number of aryl methyl sites for hydroxylation is 1. The smallest absolute Gasteiger partial charge is 0.229 e. The molecule has 0 atom stereocenters. The van der Waals surface area contributed by atoms with Gasteiger partial charge < -0.3 is 15.0 Å². The fraction of sp³-hybridized carbons (Fsp3) is 0.522. The summed E-state index contributed by atoms with van der Waals surface area (Å²) in [6, 6.07) is 8.63. The second-order valence-corrected chi connectivity index (χ2v) is 8.55. The van der Waals surface area contributed by atoms with Crippen LogP contribution in [0.2, 0.25) is 0 Å². The zero-order valence-electron chi connectivity index (χ0n) is 18.4. The average Bonchev–Trinajstić information content (AvgIpc) is 3.21. The van der Waals surface area contributed by atoms with E-state index in [2.05, 4.69) is 20.2 Å². The number of piperazine rings is 1. The molecule has 1 saturated carbocycles. The Balaban J connectivity index is 1.37. The SMILES string of the molecule is COc1ccc(Nc2nc(N3CCN(C4CCCCC4)CC3)nc3c2cnn3C)cc1. The van der Waals surface area contributed by atoms with Gasteiger partial charge in [0.1, 0.15) is 11.6 Å². The van der Waals surface area contributed by atoms with Crippen molar-refractivity contribution in [2.45, 2.75) is 38.1 Å². The van der Waals surface area contributed by atoms with E-state index in [9.17, 15) is 0 Å². The number of fused-ring (bicyclic) bond motifs is 1. The van der Waals surface area contributed by atoms with E-state index in [4.69, 9.17) is 14.7 Å². The Labute approximate surface area is 183 Å². The summed E-state index contributed by atoms with van der Waals surface area (Å²) >= 11 is 0. The molecule has 164 valence electrons. The van der Waals surface area contributed by atoms with Gasteiger partial charge in [0.15, 0.2) is 5.65 Å². The van der Waals surface area contributed by atoms with Gasteiger partial charge in [0.05, 0.1) is 18.7 Å². The number of anilines is 3. The summed E-state index contributed by atoms with van der Waals surface area (Å²) in [6.45, 7) is 4.08. The molecule has 2 fully saturated rings. The molecule has 0 bridgehead atoms. The predicted octanol–water partition coefficient (Wildman–Crippen LogP) is 3.57. The summed E-state index contributed by atoms with van der Waals surface area (Å²) in [6.07, 6.45) is 8.70. The molecule has 0 radical (unpaired) electrons. The van der Waals surface area contributed by atoms with E-state index in [1.165, 1.54) is 32.1 Å². The van der Waals surface area contributed by atoms with Crippen molar-refractivity contribution in [3.63, 3.8) is 0 Å². The molecule has 1 aliphatic heterocycles. The van der Waals surface area contributed by atoms with Gasteiger partial charge in [-0.1, -0.05) is 19.3 Å². The molecule has 31 heavy (non-hydrogen) atoms. The molecule has 2 aromatic heterocycles. The maximum Gasteiger partial charge on any atom is 0.229 e. The third kappa shape index (κ3) is 4.17. The molecule has 1 saturated heterocycles. The van der Waals surface area contributed by atoms with Crippen LogP contribution in [0.15, 0.2) is 30.5 Å². The first-order valence-electron chi connectivity index (χ1n) is 11.3. The third-order valence-corrected chi connectivity index (χ3v) is 6.62. The van der Waals surface area contributed by atoms with Crippen LogP contribution in [-0.4, -0.2) is 64.0 Å². The normalized spacial score (nSPS) is 18.5. The topological polar surface area (TPSA) is 71.3 Å². The fourth-order valence-electron chi connectivity index (χ4n) is 4.79. The number of rotatable bonds is 5. The first-order valence-corrected chi connectivity index (χ1v) is 11.3. The molecule has 0 spiro atoms. The van der Waals surface area contributed by atoms with Crippen LogP contribution >= 0.6 is 0 Å². The largest absolute Gasteiger partial charge is 0.497 e. The number of nitrogens with zero attached hydrogens (tertiary/aromatic N) is 6. The molecule has 1 N–H and O–H groups in total. The molecule has 3 aromatic rings. The highest BCUT2D eigenvalue weighted by Crippen LogP contribution is 2.28. The molecule has 1 aliphatic carbocycles. The average molecular weight is 422 g/mol. The number of methoxy groups -OCH3 is 1. The Morgan fingerprint density at radius 3 is 2.42 bits per heavy atom. The molecule has 5 rings (SSSR count). The van der Waals surface area contributed by atoms with Gasteiger partial charge in [0.2, 0.25) is 5.95 Å². The van der Waals surface area contributed by atoms with E-state index in [1.807, 2.05) is 42.2 Å². The maximum atomic E-state index is 5.27. The van der Waals surface area contributed by atoms with Crippen molar-refractivity contribution in [1.82, 2.24) is 24.6 Å². The lowest BCUT2D eigenvalue weighted by Gasteiger charge is -2.40. The minimum Gasteiger partial charge on any atom is -0.497 e. The van der Waals surface area contributed by atoms with E-state index in [0.29, 0.717) is 0 Å². The van der Waals surface area contributed by atoms with Crippen LogP contribution in [0.4, 0.5) is 17.5 Å². The van der Waals surface area contributed by atoms with E-state index in [-0.39, 0.29) is 0 Å². The van der Waals surface area contributed by atoms with Crippen LogP contribution < -0.4 is 15.0 Å². The van der Waals surface area contributed by atoms with Crippen LogP contribution in [0.1, 0.15) is 32.1 Å². The second-order valence-electron chi connectivity index (χ2n) is 8.55. The zero-order chi connectivity index (χ0) is 21.2. The van der Waals surface area contributed by atoms with Gasteiger partial charge in [0.25, 0.3) is 0 Å². The zero-order valence-corrected chi connectivity index (χ0v) is 18.4. The van der Waals surface area contributed by atoms with Gasteiger partial charge in [0, 0.05) is 45.0 Å². The molecule has 0 unspecified atom stereocenters. The number of hydrogen-bond acceptors (Lipinski definition) is 7. The highest BCUT2D eigenvalue weighted by molar-refractivity contribution is 5.89. The summed E-state index contributed by atoms with van der Waals surface area (Å²) < 4.78 is 7.08. The number of benzene rings is 1. The quantitative estimate of drug-likeness (QED) is 0.675. The molecule has 1 aromatic carbocycles. The van der Waals surface area contributed by atoms with E-state index < -0.39 is 0 Å². The lowest BCUT2D eigenvalue weighted by atomic mass is 9.94. The summed E-state index contributed by atoms with van der Waals surface area (Å²) in [4.78, 5) is 14.8. The second kappa shape index (κ2) is 8.70. The Morgan fingerprint density at radius 1 is 0.968 bits per heavy atom. The minimum atomic E-state index is 0.767.